The summed E-state index contributed by atoms with van der Waals surface area (Å²) in [7, 11) is 0. The fourth-order valence-electron chi connectivity index (χ4n) is 3.09. The molecule has 0 saturated carbocycles. The normalized spacial score (nSPS) is 13.6. The summed E-state index contributed by atoms with van der Waals surface area (Å²) in [4.78, 5) is 0. The molecule has 0 fully saturated rings. The smallest absolute Gasteiger partial charge is 0.147 e. The van der Waals surface area contributed by atoms with Crippen LogP contribution < -0.4 is 5.53 Å². The summed E-state index contributed by atoms with van der Waals surface area (Å²) < 4.78 is 0. The maximum atomic E-state index is 4.60. The van der Waals surface area contributed by atoms with E-state index in [1.165, 1.54) is 16.7 Å². The van der Waals surface area contributed by atoms with Crippen molar-refractivity contribution in [3.8, 4) is 0 Å². The van der Waals surface area contributed by atoms with Gasteiger partial charge in [0.25, 0.3) is 0 Å². The number of nitrogens with zero attached hydrogens (tertiary/aromatic N) is 3. The van der Waals surface area contributed by atoms with Crippen molar-refractivity contribution in [2.45, 2.75) is 19.5 Å². The van der Waals surface area contributed by atoms with Gasteiger partial charge in [-0.1, -0.05) is 91.0 Å². The Hall–Kier alpha value is -2.23. The molecule has 0 amide bonds. The number of hydrazine groups is 2. The van der Waals surface area contributed by atoms with E-state index in [0.717, 1.165) is 25.3 Å². The van der Waals surface area contributed by atoms with Crippen LogP contribution in [0.5, 0.6) is 0 Å². The molecule has 1 aliphatic heterocycles. The molecule has 1 aliphatic rings. The Kier molecular flexibility index (Phi) is 6.97. The molecule has 0 aromatic heterocycles. The molecule has 4 rings (SSSR count). The van der Waals surface area contributed by atoms with Gasteiger partial charge in [-0.25, -0.2) is 5.53 Å². The van der Waals surface area contributed by atoms with Gasteiger partial charge in [-0.3, -0.25) is 5.01 Å². The molecule has 4 nitrogen and oxygen atoms in total. The van der Waals surface area contributed by atoms with Crippen LogP contribution in [-0.4, -0.2) is 16.0 Å². The molecule has 0 aliphatic carbocycles. The molecular weight excluding hydrogens is 411 g/mol. The average molecular weight is 434 g/mol. The fourth-order valence-corrected chi connectivity index (χ4v) is 3.09. The number of hydrogen-bond donors (Lipinski definition) is 1. The summed E-state index contributed by atoms with van der Waals surface area (Å²) in [6, 6.07) is 31.4. The monoisotopic (exact) mass is 432 g/mol. The van der Waals surface area contributed by atoms with Gasteiger partial charge in [0, 0.05) is 32.6 Å². The van der Waals surface area contributed by atoms with Crippen molar-refractivity contribution in [3.63, 3.8) is 0 Å². The van der Waals surface area contributed by atoms with Gasteiger partial charge >= 0.3 is 0 Å². The SMILES string of the molecule is [Zr].c1ccc(CC2=NNN(Cc3ccccc3)N2Cc2ccccc2)cc1. The predicted molar refractivity (Wildman–Crippen MR) is 105 cm³/mol. The Labute approximate surface area is 179 Å². The molecule has 1 heterocycles. The minimum absolute atomic E-state index is 0. The van der Waals surface area contributed by atoms with Crippen LogP contribution in [-0.2, 0) is 45.7 Å². The van der Waals surface area contributed by atoms with Gasteiger partial charge in [-0.2, -0.15) is 0 Å². The molecule has 0 saturated heterocycles. The van der Waals surface area contributed by atoms with Crippen molar-refractivity contribution < 1.29 is 26.2 Å². The largest absolute Gasteiger partial charge is 0.267 e. The third-order valence-electron chi connectivity index (χ3n) is 4.44. The second-order valence-corrected chi connectivity index (χ2v) is 6.38. The van der Waals surface area contributed by atoms with Gasteiger partial charge in [0.05, 0.1) is 13.1 Å². The van der Waals surface area contributed by atoms with E-state index in [1.807, 2.05) is 18.2 Å². The first-order valence-electron chi connectivity index (χ1n) is 8.87. The van der Waals surface area contributed by atoms with E-state index in [1.54, 1.807) is 0 Å². The second-order valence-electron chi connectivity index (χ2n) is 6.38. The second kappa shape index (κ2) is 9.63. The van der Waals surface area contributed by atoms with E-state index < -0.39 is 0 Å². The first-order chi connectivity index (χ1) is 12.9. The van der Waals surface area contributed by atoms with Crippen LogP contribution >= 0.6 is 0 Å². The number of amidine groups is 1. The van der Waals surface area contributed by atoms with E-state index in [2.05, 4.69) is 93.6 Å². The van der Waals surface area contributed by atoms with E-state index in [-0.39, 0.29) is 26.2 Å². The molecule has 0 spiro atoms. The number of benzene rings is 3. The molecule has 5 heteroatoms. The van der Waals surface area contributed by atoms with Crippen LogP contribution in [0.1, 0.15) is 16.7 Å². The predicted octanol–water partition coefficient (Wildman–Crippen LogP) is 3.98. The number of hydrazone groups is 1. The van der Waals surface area contributed by atoms with Crippen LogP contribution in [0.25, 0.3) is 0 Å². The zero-order valence-electron chi connectivity index (χ0n) is 15.1. The van der Waals surface area contributed by atoms with Gasteiger partial charge in [-0.15, -0.1) is 10.2 Å². The molecule has 0 bridgehead atoms. The number of nitrogens with one attached hydrogen (secondary N) is 1. The molecule has 1 N–H and O–H groups in total. The molecule has 0 radical (unpaired) electrons. The third kappa shape index (κ3) is 5.15. The van der Waals surface area contributed by atoms with Crippen LogP contribution in [0.3, 0.4) is 0 Å². The third-order valence-corrected chi connectivity index (χ3v) is 4.44. The molecule has 134 valence electrons. The zero-order valence-corrected chi connectivity index (χ0v) is 17.6. The summed E-state index contributed by atoms with van der Waals surface area (Å²) in [6.45, 7) is 1.54. The Morgan fingerprint density at radius 2 is 1.11 bits per heavy atom. The topological polar surface area (TPSA) is 30.9 Å². The Bertz CT molecular complexity index is 853. The van der Waals surface area contributed by atoms with Crippen molar-refractivity contribution in [1.29, 1.82) is 0 Å². The zero-order chi connectivity index (χ0) is 17.6. The standard InChI is InChI=1S/C22H22N4.Zr/c1-4-10-19(11-5-1)16-22-23-24-26(18-21-14-8-3-9-15-21)25(22)17-20-12-6-2-7-13-20;/h1-15,24H,16-18H2;. The minimum Gasteiger partial charge on any atom is -0.267 e. The molecular formula is C22H22N4Zr. The van der Waals surface area contributed by atoms with Gasteiger partial charge in [-0.05, 0) is 16.7 Å². The van der Waals surface area contributed by atoms with Crippen LogP contribution in [0.2, 0.25) is 0 Å². The Morgan fingerprint density at radius 1 is 0.630 bits per heavy atom. The van der Waals surface area contributed by atoms with Crippen molar-refractivity contribution >= 4 is 5.84 Å². The van der Waals surface area contributed by atoms with Crippen molar-refractivity contribution in [2.24, 2.45) is 5.10 Å². The summed E-state index contributed by atoms with van der Waals surface area (Å²) in [5, 5.41) is 8.92. The average Bonchev–Trinajstić information content (AvgIpc) is 3.05. The first kappa shape index (κ1) is 19.5. The number of rotatable bonds is 6. The molecule has 3 aromatic rings. The van der Waals surface area contributed by atoms with Crippen LogP contribution in [0, 0.1) is 0 Å². The quantitative estimate of drug-likeness (QED) is 0.638. The molecule has 27 heavy (non-hydrogen) atoms. The van der Waals surface area contributed by atoms with Crippen LogP contribution in [0.15, 0.2) is 96.1 Å². The van der Waals surface area contributed by atoms with E-state index in [9.17, 15) is 0 Å². The van der Waals surface area contributed by atoms with Crippen molar-refractivity contribution in [2.75, 3.05) is 0 Å². The molecule has 0 atom stereocenters. The molecule has 0 unspecified atom stereocenters. The van der Waals surface area contributed by atoms with Crippen LogP contribution in [0.4, 0.5) is 0 Å². The summed E-state index contributed by atoms with van der Waals surface area (Å²) in [6.07, 6.45) is 0.798. The van der Waals surface area contributed by atoms with Gasteiger partial charge < -0.3 is 0 Å². The Balaban J connectivity index is 0.00000210. The molecule has 3 aromatic carbocycles. The summed E-state index contributed by atoms with van der Waals surface area (Å²) >= 11 is 0. The van der Waals surface area contributed by atoms with Gasteiger partial charge in [0.1, 0.15) is 5.84 Å². The first-order valence-corrected chi connectivity index (χ1v) is 8.87. The Morgan fingerprint density at radius 3 is 1.67 bits per heavy atom. The van der Waals surface area contributed by atoms with Gasteiger partial charge in [0.2, 0.25) is 0 Å². The summed E-state index contributed by atoms with van der Waals surface area (Å²) in [5.41, 5.74) is 6.95. The maximum Gasteiger partial charge on any atom is 0.147 e. The minimum atomic E-state index is 0. The van der Waals surface area contributed by atoms with Crippen molar-refractivity contribution in [3.05, 3.63) is 108 Å². The van der Waals surface area contributed by atoms with E-state index in [0.29, 0.717) is 0 Å². The van der Waals surface area contributed by atoms with Crippen molar-refractivity contribution in [1.82, 2.24) is 15.7 Å². The number of hydrogen-bond acceptors (Lipinski definition) is 4. The summed E-state index contributed by atoms with van der Waals surface area (Å²) in [5.74, 6) is 1.02. The van der Waals surface area contributed by atoms with Gasteiger partial charge in [0.15, 0.2) is 0 Å². The van der Waals surface area contributed by atoms with E-state index >= 15 is 0 Å². The van der Waals surface area contributed by atoms with E-state index in [4.69, 9.17) is 0 Å². The fraction of sp³-hybridized carbons (Fsp3) is 0.136. The maximum absolute atomic E-state index is 4.60.